The minimum Gasteiger partial charge on any atom is -0.508 e. The van der Waals surface area contributed by atoms with Crippen LogP contribution in [-0.4, -0.2) is 36.2 Å². The Kier molecular flexibility index (Phi) is 6.66. The maximum absolute atomic E-state index is 9.93. The Labute approximate surface area is 203 Å². The first kappa shape index (κ1) is 22.3. The van der Waals surface area contributed by atoms with Gasteiger partial charge in [0.25, 0.3) is 0 Å². The maximum Gasteiger partial charge on any atom is 0.143 e. The quantitative estimate of drug-likeness (QED) is 0.322. The van der Waals surface area contributed by atoms with Crippen molar-refractivity contribution in [2.75, 3.05) is 26.2 Å². The zero-order valence-electron chi connectivity index (χ0n) is 18.9. The normalized spacial score (nSPS) is 14.1. The Balaban J connectivity index is 1.38. The van der Waals surface area contributed by atoms with E-state index in [4.69, 9.17) is 9.47 Å². The van der Waals surface area contributed by atoms with E-state index in [1.165, 1.54) is 43.7 Å². The van der Waals surface area contributed by atoms with Crippen LogP contribution in [0.15, 0.2) is 66.0 Å². The van der Waals surface area contributed by atoms with Gasteiger partial charge in [0.2, 0.25) is 0 Å². The van der Waals surface area contributed by atoms with Crippen LogP contribution < -0.4 is 9.47 Å². The summed E-state index contributed by atoms with van der Waals surface area (Å²) in [4.78, 5) is 3.10. The Morgan fingerprint density at radius 2 is 1.71 bits per heavy atom. The number of fused-ring (bicyclic) bond motifs is 1. The number of hydrogen-bond donors (Lipinski definition) is 1. The highest BCUT2D eigenvalue weighted by Gasteiger charge is 2.16. The highest BCUT2D eigenvalue weighted by atomic mass is 32.1. The first-order valence-corrected chi connectivity index (χ1v) is 12.5. The lowest BCUT2D eigenvalue weighted by Gasteiger charge is -2.26. The van der Waals surface area contributed by atoms with Gasteiger partial charge in [0.15, 0.2) is 0 Å². The third kappa shape index (κ3) is 4.86. The molecule has 1 aliphatic rings. The standard InChI is InChI=1S/C28H26N2O3S/c29-19-27-25(12-17-34-27)26-10-4-20-18-21(31)5-11-24(20)28(26)33-23-8-6-22(7-9-23)32-16-15-30-13-2-1-3-14-30/h4-12,17-18,31H,1-3,13-16H2. The molecule has 4 aromatic rings. The lowest BCUT2D eigenvalue weighted by Crippen LogP contribution is -2.33. The lowest BCUT2D eigenvalue weighted by molar-refractivity contribution is 0.183. The van der Waals surface area contributed by atoms with Crippen molar-refractivity contribution >= 4 is 22.1 Å². The van der Waals surface area contributed by atoms with Gasteiger partial charge < -0.3 is 14.6 Å². The van der Waals surface area contributed by atoms with Crippen LogP contribution in [0, 0.1) is 11.3 Å². The van der Waals surface area contributed by atoms with Crippen LogP contribution in [-0.2, 0) is 0 Å². The van der Waals surface area contributed by atoms with Gasteiger partial charge in [0.05, 0.1) is 0 Å². The molecule has 34 heavy (non-hydrogen) atoms. The van der Waals surface area contributed by atoms with Crippen molar-refractivity contribution in [1.29, 1.82) is 5.26 Å². The number of nitriles is 1. The number of hydrogen-bond acceptors (Lipinski definition) is 6. The largest absolute Gasteiger partial charge is 0.508 e. The molecule has 5 nitrogen and oxygen atoms in total. The third-order valence-corrected chi connectivity index (χ3v) is 7.00. The van der Waals surface area contributed by atoms with Crippen LogP contribution in [0.5, 0.6) is 23.0 Å². The van der Waals surface area contributed by atoms with Crippen LogP contribution in [0.1, 0.15) is 24.1 Å². The van der Waals surface area contributed by atoms with E-state index in [2.05, 4.69) is 11.0 Å². The molecule has 1 aromatic heterocycles. The average Bonchev–Trinajstić information content (AvgIpc) is 3.34. The van der Waals surface area contributed by atoms with E-state index in [1.54, 1.807) is 12.1 Å². The molecular formula is C28H26N2O3S. The van der Waals surface area contributed by atoms with E-state index in [-0.39, 0.29) is 5.75 Å². The van der Waals surface area contributed by atoms with E-state index in [9.17, 15) is 10.4 Å². The number of aromatic hydroxyl groups is 1. The lowest BCUT2D eigenvalue weighted by atomic mass is 10.00. The molecule has 0 atom stereocenters. The Morgan fingerprint density at radius 3 is 2.50 bits per heavy atom. The van der Waals surface area contributed by atoms with Crippen molar-refractivity contribution in [2.45, 2.75) is 19.3 Å². The second kappa shape index (κ2) is 10.2. The molecule has 1 aliphatic heterocycles. The maximum atomic E-state index is 9.93. The van der Waals surface area contributed by atoms with Crippen molar-refractivity contribution in [3.05, 3.63) is 70.9 Å². The van der Waals surface area contributed by atoms with E-state index in [1.807, 2.05) is 53.9 Å². The summed E-state index contributed by atoms with van der Waals surface area (Å²) in [6.07, 6.45) is 3.90. The minimum atomic E-state index is 0.200. The molecule has 0 amide bonds. The molecule has 1 N–H and O–H groups in total. The van der Waals surface area contributed by atoms with Crippen molar-refractivity contribution in [2.24, 2.45) is 0 Å². The summed E-state index contributed by atoms with van der Waals surface area (Å²) in [7, 11) is 0. The van der Waals surface area contributed by atoms with Gasteiger partial charge in [-0.2, -0.15) is 5.26 Å². The van der Waals surface area contributed by atoms with Gasteiger partial charge in [-0.3, -0.25) is 4.90 Å². The average molecular weight is 471 g/mol. The molecule has 1 saturated heterocycles. The molecule has 0 unspecified atom stereocenters. The second-order valence-corrected chi connectivity index (χ2v) is 9.36. The monoisotopic (exact) mass is 470 g/mol. The number of piperidine rings is 1. The van der Waals surface area contributed by atoms with E-state index >= 15 is 0 Å². The summed E-state index contributed by atoms with van der Waals surface area (Å²) in [5.74, 6) is 2.35. The first-order valence-electron chi connectivity index (χ1n) is 11.6. The summed E-state index contributed by atoms with van der Waals surface area (Å²) < 4.78 is 12.3. The molecule has 0 saturated carbocycles. The van der Waals surface area contributed by atoms with Crippen LogP contribution >= 0.6 is 11.3 Å². The van der Waals surface area contributed by atoms with E-state index in [0.29, 0.717) is 23.0 Å². The fraction of sp³-hybridized carbons (Fsp3) is 0.250. The number of benzene rings is 3. The summed E-state index contributed by atoms with van der Waals surface area (Å²) in [5.41, 5.74) is 1.69. The fourth-order valence-electron chi connectivity index (χ4n) is 4.42. The number of ether oxygens (including phenoxy) is 2. The van der Waals surface area contributed by atoms with Crippen LogP contribution in [0.2, 0.25) is 0 Å². The highest BCUT2D eigenvalue weighted by molar-refractivity contribution is 7.11. The Hall–Kier alpha value is -3.53. The van der Waals surface area contributed by atoms with Crippen LogP contribution in [0.4, 0.5) is 0 Å². The number of phenolic OH excluding ortho intramolecular Hbond substituents is 1. The summed E-state index contributed by atoms with van der Waals surface area (Å²) in [6.45, 7) is 3.95. The summed E-state index contributed by atoms with van der Waals surface area (Å²) in [6, 6.07) is 21.0. The zero-order chi connectivity index (χ0) is 23.3. The predicted octanol–water partition coefficient (Wildman–Crippen LogP) is 6.80. The summed E-state index contributed by atoms with van der Waals surface area (Å²) in [5, 5.41) is 23.1. The Morgan fingerprint density at radius 1 is 0.912 bits per heavy atom. The minimum absolute atomic E-state index is 0.200. The summed E-state index contributed by atoms with van der Waals surface area (Å²) >= 11 is 1.41. The van der Waals surface area contributed by atoms with Crippen molar-refractivity contribution in [3.63, 3.8) is 0 Å². The van der Waals surface area contributed by atoms with Gasteiger partial charge in [0.1, 0.15) is 40.6 Å². The molecule has 0 bridgehead atoms. The molecule has 3 aromatic carbocycles. The molecule has 6 heteroatoms. The Bertz CT molecular complexity index is 1320. The molecule has 2 heterocycles. The van der Waals surface area contributed by atoms with E-state index in [0.717, 1.165) is 34.2 Å². The predicted molar refractivity (Wildman–Crippen MR) is 136 cm³/mol. The van der Waals surface area contributed by atoms with Crippen molar-refractivity contribution in [3.8, 4) is 40.2 Å². The van der Waals surface area contributed by atoms with Crippen molar-refractivity contribution < 1.29 is 14.6 Å². The van der Waals surface area contributed by atoms with E-state index < -0.39 is 0 Å². The number of thiophene rings is 1. The number of likely N-dealkylation sites (tertiary alicyclic amines) is 1. The van der Waals surface area contributed by atoms with Gasteiger partial charge in [-0.15, -0.1) is 11.3 Å². The van der Waals surface area contributed by atoms with Gasteiger partial charge in [-0.25, -0.2) is 0 Å². The van der Waals surface area contributed by atoms with Gasteiger partial charge >= 0.3 is 0 Å². The molecule has 0 aliphatic carbocycles. The topological polar surface area (TPSA) is 65.7 Å². The first-order chi connectivity index (χ1) is 16.7. The highest BCUT2D eigenvalue weighted by Crippen LogP contribution is 2.42. The number of phenols is 1. The molecule has 172 valence electrons. The molecular weight excluding hydrogens is 444 g/mol. The molecule has 0 radical (unpaired) electrons. The van der Waals surface area contributed by atoms with Crippen LogP contribution in [0.3, 0.4) is 0 Å². The fourth-order valence-corrected chi connectivity index (χ4v) is 5.11. The SMILES string of the molecule is N#Cc1sccc1-c1ccc2cc(O)ccc2c1Oc1ccc(OCCN2CCCCC2)cc1. The molecule has 5 rings (SSSR count). The van der Waals surface area contributed by atoms with Gasteiger partial charge in [0, 0.05) is 23.1 Å². The number of rotatable bonds is 7. The smallest absolute Gasteiger partial charge is 0.143 e. The zero-order valence-corrected chi connectivity index (χ0v) is 19.7. The molecule has 1 fully saturated rings. The third-order valence-electron chi connectivity index (χ3n) is 6.18. The van der Waals surface area contributed by atoms with Gasteiger partial charge in [-0.1, -0.05) is 12.5 Å². The van der Waals surface area contributed by atoms with Crippen molar-refractivity contribution in [1.82, 2.24) is 4.90 Å². The van der Waals surface area contributed by atoms with Gasteiger partial charge in [-0.05, 0) is 91.3 Å². The molecule has 0 spiro atoms. The van der Waals surface area contributed by atoms with Crippen LogP contribution in [0.25, 0.3) is 21.9 Å². The number of nitrogens with zero attached hydrogens (tertiary/aromatic N) is 2. The second-order valence-electron chi connectivity index (χ2n) is 8.45.